The monoisotopic (exact) mass is 332 g/mol. The molecule has 0 radical (unpaired) electrons. The van der Waals surface area contributed by atoms with Crippen molar-refractivity contribution < 1.29 is 22.0 Å². The Hall–Kier alpha value is -1.70. The standard InChI is InChI=1S/C14H18F2N2O3S/c1-9(12-6-11(15)2-3-13(12)16)18-14(19)17-7-10-4-5-22(20,21)8-10/h2-3,6,9-10H,4-5,7-8H2,1H3,(H2,17,18,19)/t9-,10-/m0/s1. The molecular weight excluding hydrogens is 314 g/mol. The predicted octanol–water partition coefficient (Wildman–Crippen LogP) is 1.76. The molecule has 22 heavy (non-hydrogen) atoms. The van der Waals surface area contributed by atoms with Gasteiger partial charge in [-0.1, -0.05) is 0 Å². The Bertz CT molecular complexity index is 664. The Morgan fingerprint density at radius 1 is 1.41 bits per heavy atom. The van der Waals surface area contributed by atoms with E-state index < -0.39 is 33.5 Å². The normalized spacial score (nSPS) is 21.3. The van der Waals surface area contributed by atoms with Crippen LogP contribution in [-0.4, -0.2) is 32.5 Å². The van der Waals surface area contributed by atoms with E-state index in [1.54, 1.807) is 0 Å². The van der Waals surface area contributed by atoms with Crippen LogP contribution in [0.3, 0.4) is 0 Å². The summed E-state index contributed by atoms with van der Waals surface area (Å²) in [5.74, 6) is -1.07. The summed E-state index contributed by atoms with van der Waals surface area (Å²) >= 11 is 0. The lowest BCUT2D eigenvalue weighted by Crippen LogP contribution is -2.39. The molecule has 0 aromatic heterocycles. The molecule has 2 atom stereocenters. The number of amides is 2. The number of urea groups is 1. The SMILES string of the molecule is C[C@H](NC(=O)NC[C@@H]1CCS(=O)(=O)C1)c1cc(F)ccc1F. The first kappa shape index (κ1) is 16.7. The van der Waals surface area contributed by atoms with E-state index in [1.807, 2.05) is 0 Å². The Morgan fingerprint density at radius 2 is 2.14 bits per heavy atom. The van der Waals surface area contributed by atoms with Gasteiger partial charge in [-0.15, -0.1) is 0 Å². The highest BCUT2D eigenvalue weighted by Crippen LogP contribution is 2.19. The van der Waals surface area contributed by atoms with E-state index in [1.165, 1.54) is 6.92 Å². The van der Waals surface area contributed by atoms with Gasteiger partial charge in [0, 0.05) is 12.1 Å². The van der Waals surface area contributed by atoms with Crippen molar-refractivity contribution in [1.29, 1.82) is 0 Å². The predicted molar refractivity (Wildman–Crippen MR) is 78.1 cm³/mol. The number of benzene rings is 1. The molecule has 1 aliphatic rings. The Labute approximate surface area is 128 Å². The third-order valence-electron chi connectivity index (χ3n) is 3.65. The average molecular weight is 332 g/mol. The molecule has 1 aliphatic heterocycles. The van der Waals surface area contributed by atoms with Gasteiger partial charge in [0.05, 0.1) is 17.5 Å². The number of hydrogen-bond donors (Lipinski definition) is 2. The van der Waals surface area contributed by atoms with Gasteiger partial charge in [-0.25, -0.2) is 22.0 Å². The lowest BCUT2D eigenvalue weighted by molar-refractivity contribution is 0.236. The van der Waals surface area contributed by atoms with Crippen LogP contribution in [0.15, 0.2) is 18.2 Å². The molecule has 1 aromatic rings. The zero-order valence-corrected chi connectivity index (χ0v) is 12.9. The fourth-order valence-electron chi connectivity index (χ4n) is 2.44. The topological polar surface area (TPSA) is 75.3 Å². The van der Waals surface area contributed by atoms with Crippen LogP contribution in [0.4, 0.5) is 13.6 Å². The average Bonchev–Trinajstić information content (AvgIpc) is 2.78. The molecule has 1 fully saturated rings. The molecule has 122 valence electrons. The lowest BCUT2D eigenvalue weighted by Gasteiger charge is -2.17. The molecular formula is C14H18F2N2O3S. The van der Waals surface area contributed by atoms with Crippen LogP contribution in [0.25, 0.3) is 0 Å². The minimum Gasteiger partial charge on any atom is -0.338 e. The van der Waals surface area contributed by atoms with Crippen molar-refractivity contribution in [3.8, 4) is 0 Å². The third kappa shape index (κ3) is 4.40. The van der Waals surface area contributed by atoms with Gasteiger partial charge in [0.25, 0.3) is 0 Å². The van der Waals surface area contributed by atoms with Gasteiger partial charge in [-0.3, -0.25) is 0 Å². The van der Waals surface area contributed by atoms with E-state index in [0.29, 0.717) is 6.42 Å². The molecule has 1 aromatic carbocycles. The maximum absolute atomic E-state index is 13.6. The van der Waals surface area contributed by atoms with Crippen molar-refractivity contribution in [1.82, 2.24) is 10.6 Å². The van der Waals surface area contributed by atoms with Crippen molar-refractivity contribution in [3.05, 3.63) is 35.4 Å². The summed E-state index contributed by atoms with van der Waals surface area (Å²) in [7, 11) is -2.98. The summed E-state index contributed by atoms with van der Waals surface area (Å²) in [4.78, 5) is 11.8. The van der Waals surface area contributed by atoms with Gasteiger partial charge in [-0.05, 0) is 37.5 Å². The molecule has 5 nitrogen and oxygen atoms in total. The van der Waals surface area contributed by atoms with Gasteiger partial charge in [0.2, 0.25) is 0 Å². The number of hydrogen-bond acceptors (Lipinski definition) is 3. The zero-order chi connectivity index (χ0) is 16.3. The van der Waals surface area contributed by atoms with Gasteiger partial charge in [-0.2, -0.15) is 0 Å². The van der Waals surface area contributed by atoms with Crippen LogP contribution in [0, 0.1) is 17.6 Å². The summed E-state index contributed by atoms with van der Waals surface area (Å²) in [6, 6.07) is 1.79. The first-order valence-electron chi connectivity index (χ1n) is 6.96. The van der Waals surface area contributed by atoms with Crippen LogP contribution in [0.1, 0.15) is 24.9 Å². The first-order valence-corrected chi connectivity index (χ1v) is 8.79. The molecule has 0 aliphatic carbocycles. The Morgan fingerprint density at radius 3 is 2.77 bits per heavy atom. The number of carbonyl (C=O) groups is 1. The fraction of sp³-hybridized carbons (Fsp3) is 0.500. The van der Waals surface area contributed by atoms with E-state index in [0.717, 1.165) is 18.2 Å². The van der Waals surface area contributed by atoms with Crippen LogP contribution in [0.2, 0.25) is 0 Å². The molecule has 1 heterocycles. The molecule has 2 N–H and O–H groups in total. The lowest BCUT2D eigenvalue weighted by atomic mass is 10.1. The van der Waals surface area contributed by atoms with Gasteiger partial charge < -0.3 is 10.6 Å². The summed E-state index contributed by atoms with van der Waals surface area (Å²) in [5.41, 5.74) is 0.0543. The minimum atomic E-state index is -2.98. The van der Waals surface area contributed by atoms with E-state index in [4.69, 9.17) is 0 Å². The summed E-state index contributed by atoms with van der Waals surface area (Å²) in [5, 5.41) is 5.07. The van der Waals surface area contributed by atoms with E-state index in [2.05, 4.69) is 10.6 Å². The minimum absolute atomic E-state index is 0.0543. The molecule has 8 heteroatoms. The smallest absolute Gasteiger partial charge is 0.315 e. The Balaban J connectivity index is 1.85. The summed E-state index contributed by atoms with van der Waals surface area (Å²) < 4.78 is 49.3. The van der Waals surface area contributed by atoms with Gasteiger partial charge >= 0.3 is 6.03 Å². The molecule has 1 saturated heterocycles. The van der Waals surface area contributed by atoms with Gasteiger partial charge in [0.15, 0.2) is 9.84 Å². The van der Waals surface area contributed by atoms with Crippen molar-refractivity contribution in [2.75, 3.05) is 18.1 Å². The second-order valence-corrected chi connectivity index (χ2v) is 7.74. The highest BCUT2D eigenvalue weighted by atomic mass is 32.2. The molecule has 2 amide bonds. The highest BCUT2D eigenvalue weighted by Gasteiger charge is 2.28. The highest BCUT2D eigenvalue weighted by molar-refractivity contribution is 7.91. The first-order chi connectivity index (χ1) is 10.3. The number of halogens is 2. The third-order valence-corrected chi connectivity index (χ3v) is 5.49. The van der Waals surface area contributed by atoms with Crippen LogP contribution in [0.5, 0.6) is 0 Å². The van der Waals surface area contributed by atoms with Crippen molar-refractivity contribution >= 4 is 15.9 Å². The molecule has 0 saturated carbocycles. The van der Waals surface area contributed by atoms with Crippen molar-refractivity contribution in [2.24, 2.45) is 5.92 Å². The van der Waals surface area contributed by atoms with Crippen molar-refractivity contribution in [2.45, 2.75) is 19.4 Å². The van der Waals surface area contributed by atoms with Gasteiger partial charge in [0.1, 0.15) is 11.6 Å². The zero-order valence-electron chi connectivity index (χ0n) is 12.1. The number of sulfone groups is 1. The van der Waals surface area contributed by atoms with Crippen molar-refractivity contribution in [3.63, 3.8) is 0 Å². The second-order valence-electron chi connectivity index (χ2n) is 5.51. The molecule has 2 rings (SSSR count). The summed E-state index contributed by atoms with van der Waals surface area (Å²) in [6.07, 6.45) is 0.524. The van der Waals surface area contributed by atoms with E-state index in [-0.39, 0.29) is 29.5 Å². The van der Waals surface area contributed by atoms with Crippen LogP contribution in [-0.2, 0) is 9.84 Å². The second kappa shape index (κ2) is 6.60. The number of rotatable bonds is 4. The van der Waals surface area contributed by atoms with E-state index >= 15 is 0 Å². The quantitative estimate of drug-likeness (QED) is 0.882. The molecule has 0 bridgehead atoms. The molecule has 0 unspecified atom stereocenters. The Kier molecular flexibility index (Phi) is 5.00. The van der Waals surface area contributed by atoms with E-state index in [9.17, 15) is 22.0 Å². The number of nitrogens with one attached hydrogen (secondary N) is 2. The maximum atomic E-state index is 13.6. The summed E-state index contributed by atoms with van der Waals surface area (Å²) in [6.45, 7) is 1.78. The number of carbonyl (C=O) groups excluding carboxylic acids is 1. The van der Waals surface area contributed by atoms with Crippen LogP contribution < -0.4 is 10.6 Å². The fourth-order valence-corrected chi connectivity index (χ4v) is 4.30. The van der Waals surface area contributed by atoms with Crippen LogP contribution >= 0.6 is 0 Å². The maximum Gasteiger partial charge on any atom is 0.315 e. The molecule has 0 spiro atoms. The largest absolute Gasteiger partial charge is 0.338 e.